The van der Waals surface area contributed by atoms with Crippen LogP contribution in [0.3, 0.4) is 0 Å². The Morgan fingerprint density at radius 2 is 1.88 bits per heavy atom. The molecule has 1 aliphatic heterocycles. The molecule has 0 saturated carbocycles. The lowest BCUT2D eigenvalue weighted by Gasteiger charge is -2.35. The van der Waals surface area contributed by atoms with E-state index in [0.717, 1.165) is 31.4 Å². The van der Waals surface area contributed by atoms with Gasteiger partial charge in [-0.25, -0.2) is 13.1 Å². The van der Waals surface area contributed by atoms with Crippen LogP contribution in [0.1, 0.15) is 37.3 Å². The molecular formula is C18H27N3O3S. The molecule has 25 heavy (non-hydrogen) atoms. The number of anilines is 1. The zero-order valence-corrected chi connectivity index (χ0v) is 15.7. The van der Waals surface area contributed by atoms with Crippen molar-refractivity contribution in [1.29, 1.82) is 0 Å². The number of piperidine rings is 1. The van der Waals surface area contributed by atoms with Crippen molar-refractivity contribution in [2.24, 2.45) is 0 Å². The third-order valence-electron chi connectivity index (χ3n) is 5.20. The first-order valence-electron chi connectivity index (χ1n) is 8.96. The second-order valence-electron chi connectivity index (χ2n) is 7.20. The third-order valence-corrected chi connectivity index (χ3v) is 5.96. The molecule has 0 spiro atoms. The van der Waals surface area contributed by atoms with Gasteiger partial charge in [0.05, 0.1) is 12.3 Å². The van der Waals surface area contributed by atoms with Gasteiger partial charge in [-0.3, -0.25) is 9.69 Å². The zero-order valence-electron chi connectivity index (χ0n) is 14.9. The number of hydrogen-bond donors (Lipinski definition) is 2. The van der Waals surface area contributed by atoms with Gasteiger partial charge in [0, 0.05) is 24.8 Å². The smallest absolute Gasteiger partial charge is 0.241 e. The molecule has 1 aromatic carbocycles. The molecule has 1 saturated heterocycles. The van der Waals surface area contributed by atoms with Crippen LogP contribution in [0, 0.1) is 0 Å². The molecule has 138 valence electrons. The largest absolute Gasteiger partial charge is 0.325 e. The SMILES string of the molecule is CC(C(=O)Nc1ccc2c(c1)CCC2)N1CCC(NS(C)(=O)=O)CC1. The maximum absolute atomic E-state index is 12.6. The van der Waals surface area contributed by atoms with Gasteiger partial charge in [0.1, 0.15) is 0 Å². The Kier molecular flexibility index (Phi) is 5.46. The average Bonchev–Trinajstić information content (AvgIpc) is 3.01. The van der Waals surface area contributed by atoms with Crippen molar-refractivity contribution in [3.05, 3.63) is 29.3 Å². The summed E-state index contributed by atoms with van der Waals surface area (Å²) in [4.78, 5) is 14.7. The molecule has 1 amide bonds. The molecule has 1 atom stereocenters. The van der Waals surface area contributed by atoms with Crippen molar-refractivity contribution in [2.75, 3.05) is 24.7 Å². The maximum atomic E-state index is 12.6. The van der Waals surface area contributed by atoms with E-state index in [9.17, 15) is 13.2 Å². The first kappa shape index (κ1) is 18.4. The number of nitrogens with zero attached hydrogens (tertiary/aromatic N) is 1. The van der Waals surface area contributed by atoms with Crippen LogP contribution in [0.25, 0.3) is 0 Å². The van der Waals surface area contributed by atoms with Gasteiger partial charge < -0.3 is 5.32 Å². The quantitative estimate of drug-likeness (QED) is 0.829. The molecule has 1 heterocycles. The summed E-state index contributed by atoms with van der Waals surface area (Å²) in [5.74, 6) is -0.00697. The predicted octanol–water partition coefficient (Wildman–Crippen LogP) is 1.52. The fourth-order valence-corrected chi connectivity index (χ4v) is 4.61. The molecule has 1 unspecified atom stereocenters. The van der Waals surface area contributed by atoms with Crippen LogP contribution in [-0.2, 0) is 27.7 Å². The molecule has 2 aliphatic rings. The highest BCUT2D eigenvalue weighted by atomic mass is 32.2. The fourth-order valence-electron chi connectivity index (χ4n) is 3.77. The molecule has 0 bridgehead atoms. The molecule has 0 aromatic heterocycles. The Bertz CT molecular complexity index is 740. The minimum Gasteiger partial charge on any atom is -0.325 e. The summed E-state index contributed by atoms with van der Waals surface area (Å²) < 4.78 is 25.3. The van der Waals surface area contributed by atoms with Crippen molar-refractivity contribution >= 4 is 21.6 Å². The monoisotopic (exact) mass is 365 g/mol. The van der Waals surface area contributed by atoms with Gasteiger partial charge in [-0.1, -0.05) is 6.07 Å². The molecule has 1 fully saturated rings. The number of fused-ring (bicyclic) bond motifs is 1. The number of benzene rings is 1. The van der Waals surface area contributed by atoms with Crippen molar-refractivity contribution in [1.82, 2.24) is 9.62 Å². The van der Waals surface area contributed by atoms with Crippen molar-refractivity contribution in [3.63, 3.8) is 0 Å². The van der Waals surface area contributed by atoms with E-state index in [4.69, 9.17) is 0 Å². The highest BCUT2D eigenvalue weighted by Crippen LogP contribution is 2.25. The van der Waals surface area contributed by atoms with E-state index in [-0.39, 0.29) is 18.0 Å². The van der Waals surface area contributed by atoms with Crippen molar-refractivity contribution < 1.29 is 13.2 Å². The van der Waals surface area contributed by atoms with E-state index >= 15 is 0 Å². The van der Waals surface area contributed by atoms with Crippen LogP contribution in [0.15, 0.2) is 18.2 Å². The molecule has 3 rings (SSSR count). The van der Waals surface area contributed by atoms with Gasteiger partial charge in [-0.2, -0.15) is 0 Å². The van der Waals surface area contributed by atoms with E-state index in [0.29, 0.717) is 13.1 Å². The standard InChI is InChI=1S/C18H27N3O3S/c1-13(21-10-8-16(9-11-21)20-25(2,23)24)18(22)19-17-7-6-14-4-3-5-15(14)12-17/h6-7,12-13,16,20H,3-5,8-11H2,1-2H3,(H,19,22). The minimum atomic E-state index is -3.17. The van der Waals surface area contributed by atoms with E-state index in [2.05, 4.69) is 27.1 Å². The summed E-state index contributed by atoms with van der Waals surface area (Å²) in [6, 6.07) is 5.93. The first-order chi connectivity index (χ1) is 11.8. The molecule has 6 nitrogen and oxygen atoms in total. The third kappa shape index (κ3) is 4.80. The summed E-state index contributed by atoms with van der Waals surface area (Å²) >= 11 is 0. The highest BCUT2D eigenvalue weighted by Gasteiger charge is 2.27. The first-order valence-corrected chi connectivity index (χ1v) is 10.8. The van der Waals surface area contributed by atoms with Gasteiger partial charge in [0.15, 0.2) is 0 Å². The highest BCUT2D eigenvalue weighted by molar-refractivity contribution is 7.88. The van der Waals surface area contributed by atoms with Gasteiger partial charge in [0.2, 0.25) is 15.9 Å². The minimum absolute atomic E-state index is 0.00697. The number of sulfonamides is 1. The molecule has 1 aliphatic carbocycles. The summed E-state index contributed by atoms with van der Waals surface area (Å²) in [6.07, 6.45) is 6.06. The second kappa shape index (κ2) is 7.43. The lowest BCUT2D eigenvalue weighted by Crippen LogP contribution is -2.50. The summed E-state index contributed by atoms with van der Waals surface area (Å²) in [6.45, 7) is 3.34. The Labute approximate surface area is 150 Å². The van der Waals surface area contributed by atoms with Crippen molar-refractivity contribution in [2.45, 2.75) is 51.1 Å². The Balaban J connectivity index is 1.53. The summed E-state index contributed by atoms with van der Waals surface area (Å²) in [5, 5.41) is 3.03. The van der Waals surface area contributed by atoms with E-state index in [1.165, 1.54) is 23.8 Å². The van der Waals surface area contributed by atoms with Crippen molar-refractivity contribution in [3.8, 4) is 0 Å². The molecule has 7 heteroatoms. The zero-order chi connectivity index (χ0) is 18.0. The number of hydrogen-bond acceptors (Lipinski definition) is 4. The Hall–Kier alpha value is -1.44. The normalized spacial score (nSPS) is 20.2. The van der Waals surface area contributed by atoms with E-state index in [1.807, 2.05) is 13.0 Å². The Morgan fingerprint density at radius 3 is 2.56 bits per heavy atom. The van der Waals surface area contributed by atoms with Gasteiger partial charge >= 0.3 is 0 Å². The number of aryl methyl sites for hydroxylation is 2. The number of nitrogens with one attached hydrogen (secondary N) is 2. The number of amides is 1. The second-order valence-corrected chi connectivity index (χ2v) is 8.98. The van der Waals surface area contributed by atoms with Crippen LogP contribution in [-0.4, -0.2) is 50.7 Å². The lowest BCUT2D eigenvalue weighted by atomic mass is 10.0. The maximum Gasteiger partial charge on any atom is 0.241 e. The molecule has 0 radical (unpaired) electrons. The van der Waals surface area contributed by atoms with Crippen LogP contribution in [0.2, 0.25) is 0 Å². The van der Waals surface area contributed by atoms with Crippen LogP contribution in [0.4, 0.5) is 5.69 Å². The van der Waals surface area contributed by atoms with Gasteiger partial charge in [-0.15, -0.1) is 0 Å². The van der Waals surface area contributed by atoms with Crippen LogP contribution >= 0.6 is 0 Å². The average molecular weight is 365 g/mol. The molecule has 2 N–H and O–H groups in total. The topological polar surface area (TPSA) is 78.5 Å². The van der Waals surface area contributed by atoms with E-state index in [1.54, 1.807) is 0 Å². The number of carbonyl (C=O) groups excluding carboxylic acids is 1. The van der Waals surface area contributed by atoms with E-state index < -0.39 is 10.0 Å². The Morgan fingerprint density at radius 1 is 1.20 bits per heavy atom. The lowest BCUT2D eigenvalue weighted by molar-refractivity contribution is -0.121. The van der Waals surface area contributed by atoms with Gasteiger partial charge in [0.25, 0.3) is 0 Å². The summed E-state index contributed by atoms with van der Waals surface area (Å²) in [7, 11) is -3.17. The van der Waals surface area contributed by atoms with Crippen LogP contribution < -0.4 is 10.0 Å². The molecular weight excluding hydrogens is 338 g/mol. The predicted molar refractivity (Wildman–Crippen MR) is 99.1 cm³/mol. The van der Waals surface area contributed by atoms with Crippen LogP contribution in [0.5, 0.6) is 0 Å². The fraction of sp³-hybridized carbons (Fsp3) is 0.611. The van der Waals surface area contributed by atoms with Gasteiger partial charge in [-0.05, 0) is 62.3 Å². The number of likely N-dealkylation sites (tertiary alicyclic amines) is 1. The molecule has 1 aromatic rings. The number of rotatable bonds is 5. The summed E-state index contributed by atoms with van der Waals surface area (Å²) in [5.41, 5.74) is 3.61. The number of carbonyl (C=O) groups is 1.